The predicted octanol–water partition coefficient (Wildman–Crippen LogP) is 10.0. The van der Waals surface area contributed by atoms with E-state index in [1.54, 1.807) is 0 Å². The van der Waals surface area contributed by atoms with Crippen molar-refractivity contribution in [2.75, 3.05) is 47.5 Å². The minimum Gasteiger partial charge on any atom is -0.545 e. The van der Waals surface area contributed by atoms with Gasteiger partial charge in [-0.05, 0) is 77.0 Å². The van der Waals surface area contributed by atoms with Crippen LogP contribution in [0.1, 0.15) is 162 Å². The number of hydrogen-bond acceptors (Lipinski definition) is 8. The van der Waals surface area contributed by atoms with Crippen LogP contribution in [-0.4, -0.2) is 82.3 Å². The van der Waals surface area contributed by atoms with Gasteiger partial charge < -0.3 is 33.3 Å². The minimum atomic E-state index is -1.63. The van der Waals surface area contributed by atoms with Crippen LogP contribution in [0, 0.1) is 0 Å². The van der Waals surface area contributed by atoms with Crippen LogP contribution in [0.15, 0.2) is 60.8 Å². The van der Waals surface area contributed by atoms with E-state index in [-0.39, 0.29) is 38.6 Å². The molecule has 56 heavy (non-hydrogen) atoms. The van der Waals surface area contributed by atoms with Crippen LogP contribution in [0.25, 0.3) is 0 Å². The summed E-state index contributed by atoms with van der Waals surface area (Å²) >= 11 is 0. The molecule has 0 aromatic carbocycles. The van der Waals surface area contributed by atoms with Crippen molar-refractivity contribution in [1.29, 1.82) is 0 Å². The van der Waals surface area contributed by atoms with Crippen LogP contribution in [0.5, 0.6) is 0 Å². The number of carbonyl (C=O) groups is 3. The Balaban J connectivity index is 4.49. The van der Waals surface area contributed by atoms with Crippen molar-refractivity contribution < 1.29 is 42.9 Å². The smallest absolute Gasteiger partial charge is 0.306 e. The summed E-state index contributed by atoms with van der Waals surface area (Å²) in [5.74, 6) is -2.32. The molecule has 0 amide bonds. The molecule has 322 valence electrons. The number of carbonyl (C=O) groups excluding carboxylic acids is 3. The number of carboxylic acids is 1. The van der Waals surface area contributed by atoms with Gasteiger partial charge in [-0.1, -0.05) is 132 Å². The molecule has 0 rings (SSSR count). The maximum atomic E-state index is 12.7. The van der Waals surface area contributed by atoms with Gasteiger partial charge in [-0.3, -0.25) is 9.59 Å². The van der Waals surface area contributed by atoms with Crippen LogP contribution in [0.2, 0.25) is 0 Å². The molecule has 0 bridgehead atoms. The molecule has 0 saturated carbocycles. The van der Waals surface area contributed by atoms with Gasteiger partial charge in [0.1, 0.15) is 13.2 Å². The van der Waals surface area contributed by atoms with Gasteiger partial charge in [0.25, 0.3) is 0 Å². The zero-order valence-corrected chi connectivity index (χ0v) is 36.2. The monoisotopic (exact) mass is 788 g/mol. The van der Waals surface area contributed by atoms with Crippen molar-refractivity contribution in [3.8, 4) is 0 Å². The van der Waals surface area contributed by atoms with Crippen molar-refractivity contribution in [3.05, 3.63) is 60.8 Å². The summed E-state index contributed by atoms with van der Waals surface area (Å²) in [4.78, 5) is 36.9. The van der Waals surface area contributed by atoms with Crippen molar-refractivity contribution in [2.45, 2.75) is 174 Å². The molecule has 0 aromatic heterocycles. The Labute approximate surface area is 342 Å². The Morgan fingerprint density at radius 1 is 0.554 bits per heavy atom. The molecule has 0 saturated heterocycles. The quantitative estimate of drug-likeness (QED) is 0.0199. The molecular formula is C47H81NO8. The molecule has 0 spiro atoms. The van der Waals surface area contributed by atoms with Gasteiger partial charge in [0.15, 0.2) is 12.4 Å². The van der Waals surface area contributed by atoms with Gasteiger partial charge >= 0.3 is 11.9 Å². The normalized spacial score (nSPS) is 13.5. The molecule has 0 aliphatic carbocycles. The number of rotatable bonds is 39. The number of nitrogens with zero attached hydrogens (tertiary/aromatic N) is 1. The fourth-order valence-corrected chi connectivity index (χ4v) is 5.58. The number of ether oxygens (including phenoxy) is 4. The second kappa shape index (κ2) is 38.8. The van der Waals surface area contributed by atoms with Gasteiger partial charge in [-0.25, -0.2) is 0 Å². The number of hydrogen-bond donors (Lipinski definition) is 0. The summed E-state index contributed by atoms with van der Waals surface area (Å²) in [5.41, 5.74) is 0. The highest BCUT2D eigenvalue weighted by Crippen LogP contribution is 2.13. The topological polar surface area (TPSA) is 111 Å². The number of likely N-dealkylation sites (N-methyl/N-ethyl adjacent to an activating group) is 1. The average Bonchev–Trinajstić information content (AvgIpc) is 3.15. The summed E-state index contributed by atoms with van der Waals surface area (Å²) < 4.78 is 22.5. The van der Waals surface area contributed by atoms with E-state index in [0.717, 1.165) is 103 Å². The molecule has 0 aliphatic rings. The van der Waals surface area contributed by atoms with Crippen LogP contribution in [0.3, 0.4) is 0 Å². The van der Waals surface area contributed by atoms with Crippen LogP contribution in [-0.2, 0) is 33.3 Å². The van der Waals surface area contributed by atoms with E-state index in [4.69, 9.17) is 18.9 Å². The largest absolute Gasteiger partial charge is 0.545 e. The lowest BCUT2D eigenvalue weighted by molar-refractivity contribution is -0.870. The second-order valence-electron chi connectivity index (χ2n) is 15.6. The summed E-state index contributed by atoms with van der Waals surface area (Å²) in [6.45, 7) is 4.55. The number of quaternary nitrogens is 1. The van der Waals surface area contributed by atoms with Crippen molar-refractivity contribution in [1.82, 2.24) is 0 Å². The molecule has 0 aromatic rings. The van der Waals surface area contributed by atoms with Crippen LogP contribution >= 0.6 is 0 Å². The summed E-state index contributed by atoms with van der Waals surface area (Å²) in [5, 5.41) is 11.7. The maximum Gasteiger partial charge on any atom is 0.306 e. The minimum absolute atomic E-state index is 0.141. The van der Waals surface area contributed by atoms with E-state index >= 15 is 0 Å². The number of esters is 2. The van der Waals surface area contributed by atoms with Gasteiger partial charge in [0.2, 0.25) is 0 Å². The number of carboxylic acid groups (broad SMARTS) is 1. The highest BCUT2D eigenvalue weighted by atomic mass is 16.7. The molecular weight excluding hydrogens is 707 g/mol. The van der Waals surface area contributed by atoms with Crippen molar-refractivity contribution in [3.63, 3.8) is 0 Å². The van der Waals surface area contributed by atoms with Gasteiger partial charge in [0, 0.05) is 12.8 Å². The maximum absolute atomic E-state index is 12.7. The Morgan fingerprint density at radius 3 is 1.54 bits per heavy atom. The van der Waals surface area contributed by atoms with Gasteiger partial charge in [-0.2, -0.15) is 0 Å². The van der Waals surface area contributed by atoms with E-state index in [1.165, 1.54) is 25.7 Å². The summed E-state index contributed by atoms with van der Waals surface area (Å²) in [6.07, 6.45) is 42.5. The first-order valence-electron chi connectivity index (χ1n) is 21.9. The SMILES string of the molecule is CC/C=C\C/C=C\C/C=C\C/C=C\CCCCCCCCC(=O)OC(COC(=O)CCCCCCC/C=C\CCCCC)COC(OCC[N+](C)(C)C)C(=O)[O-]. The number of unbranched alkanes of at least 4 members (excludes halogenated alkanes) is 14. The molecule has 0 N–H and O–H groups in total. The molecule has 0 fully saturated rings. The Hall–Kier alpha value is -3.01. The van der Waals surface area contributed by atoms with Gasteiger partial charge in [-0.15, -0.1) is 0 Å². The standard InChI is InChI=1S/C47H81NO8/c1-6-8-10-12-14-16-18-20-21-22-23-24-25-26-28-30-32-34-36-38-45(50)56-43(42-55-47(46(51)52)53-40-39-48(3,4)5)41-54-44(49)37-35-33-31-29-27-19-17-15-13-11-9-7-2/h8,10,14-17,20-21,23-24,43,47H,6-7,9,11-13,18-19,22,25-42H2,1-5H3/b10-8-,16-14-,17-15-,21-20-,24-23-. The molecule has 0 heterocycles. The van der Waals surface area contributed by atoms with Crippen molar-refractivity contribution in [2.24, 2.45) is 0 Å². The fourth-order valence-electron chi connectivity index (χ4n) is 5.58. The Kier molecular flexibility index (Phi) is 36.8. The van der Waals surface area contributed by atoms with E-state index < -0.39 is 24.3 Å². The second-order valence-corrected chi connectivity index (χ2v) is 15.6. The van der Waals surface area contributed by atoms with Crippen molar-refractivity contribution >= 4 is 17.9 Å². The molecule has 9 nitrogen and oxygen atoms in total. The highest BCUT2D eigenvalue weighted by molar-refractivity contribution is 5.70. The molecule has 2 atom stereocenters. The third-order valence-electron chi connectivity index (χ3n) is 9.00. The lowest BCUT2D eigenvalue weighted by Gasteiger charge is -2.26. The predicted molar refractivity (Wildman–Crippen MR) is 228 cm³/mol. The number of allylic oxidation sites excluding steroid dienone is 10. The zero-order chi connectivity index (χ0) is 41.4. The lowest BCUT2D eigenvalue weighted by Crippen LogP contribution is -2.44. The lowest BCUT2D eigenvalue weighted by atomic mass is 10.1. The van der Waals surface area contributed by atoms with Crippen LogP contribution < -0.4 is 5.11 Å². The van der Waals surface area contributed by atoms with Gasteiger partial charge in [0.05, 0.1) is 40.3 Å². The Bertz CT molecular complexity index is 1100. The summed E-state index contributed by atoms with van der Waals surface area (Å²) in [6, 6.07) is 0. The average molecular weight is 788 g/mol. The molecule has 0 radical (unpaired) electrons. The van der Waals surface area contributed by atoms with E-state index in [1.807, 2.05) is 21.1 Å². The fraction of sp³-hybridized carbons (Fsp3) is 0.723. The molecule has 0 aliphatic heterocycles. The third-order valence-corrected chi connectivity index (χ3v) is 9.00. The third kappa shape index (κ3) is 39.2. The molecule has 9 heteroatoms. The van der Waals surface area contributed by atoms with E-state index in [2.05, 4.69) is 74.6 Å². The highest BCUT2D eigenvalue weighted by Gasteiger charge is 2.21. The van der Waals surface area contributed by atoms with Crippen LogP contribution in [0.4, 0.5) is 0 Å². The Morgan fingerprint density at radius 2 is 1.02 bits per heavy atom. The summed E-state index contributed by atoms with van der Waals surface area (Å²) in [7, 11) is 5.89. The molecule has 2 unspecified atom stereocenters. The zero-order valence-electron chi connectivity index (χ0n) is 36.2. The number of aliphatic carboxylic acids is 1. The first-order valence-corrected chi connectivity index (χ1v) is 21.9. The van der Waals surface area contributed by atoms with E-state index in [9.17, 15) is 19.5 Å². The van der Waals surface area contributed by atoms with E-state index in [0.29, 0.717) is 17.4 Å². The first-order chi connectivity index (χ1) is 27.1. The first kappa shape index (κ1) is 53.0.